The molecule has 45 heavy (non-hydrogen) atoms. The third kappa shape index (κ3) is 5.50. The lowest BCUT2D eigenvalue weighted by atomic mass is 10.1. The Hall–Kier alpha value is -4.15. The van der Waals surface area contributed by atoms with Crippen molar-refractivity contribution in [1.29, 1.82) is 0 Å². The molecular formula is C36H38N2O6Si. The molecule has 4 aromatic rings. The summed E-state index contributed by atoms with van der Waals surface area (Å²) in [4.78, 5) is 39.9. The van der Waals surface area contributed by atoms with E-state index in [0.29, 0.717) is 4.57 Å². The lowest BCUT2D eigenvalue weighted by Crippen LogP contribution is -2.66. The first-order valence-corrected chi connectivity index (χ1v) is 17.1. The Labute approximate surface area is 263 Å². The van der Waals surface area contributed by atoms with Crippen molar-refractivity contribution in [3.05, 3.63) is 141 Å². The molecule has 0 amide bonds. The molecule has 0 unspecified atom stereocenters. The van der Waals surface area contributed by atoms with Crippen LogP contribution in [0.4, 0.5) is 0 Å². The predicted octanol–water partition coefficient (Wildman–Crippen LogP) is 4.28. The third-order valence-corrected chi connectivity index (χ3v) is 13.6. The Balaban J connectivity index is 1.42. The molecule has 1 aliphatic carbocycles. The van der Waals surface area contributed by atoms with E-state index in [1.165, 1.54) is 16.8 Å². The van der Waals surface area contributed by atoms with Gasteiger partial charge >= 0.3 is 5.69 Å². The highest BCUT2D eigenvalue weighted by Crippen LogP contribution is 2.44. The molecule has 232 valence electrons. The van der Waals surface area contributed by atoms with E-state index < -0.39 is 49.5 Å². The molecule has 1 aliphatic heterocycles. The average Bonchev–Trinajstić information content (AvgIpc) is 3.51. The molecule has 1 saturated heterocycles. The standard InChI is InChI=1S/C36H38N2O6Si/c1-35(2,3)45(27-17-11-7-12-18-27,28-19-13-8-14-20-28)42-24-26-23-29(32-31(26)43-36(4,5)44-32)37-22-21-30(39)38(34(37)41)33(40)25-15-9-6-10-16-25/h6-23,29,31-32H,24H2,1-5H3/t29-,31-,32+/m1/s1. The number of rotatable bonds is 7. The fraction of sp³-hybridized carbons (Fsp3) is 0.306. The van der Waals surface area contributed by atoms with Gasteiger partial charge in [-0.15, -0.1) is 0 Å². The van der Waals surface area contributed by atoms with Crippen LogP contribution in [0.15, 0.2) is 124 Å². The molecule has 0 radical (unpaired) electrons. The van der Waals surface area contributed by atoms with E-state index in [4.69, 9.17) is 13.9 Å². The lowest BCUT2D eigenvalue weighted by Gasteiger charge is -2.43. The summed E-state index contributed by atoms with van der Waals surface area (Å²) in [5, 5.41) is 2.08. The van der Waals surface area contributed by atoms with Crippen LogP contribution in [0.1, 0.15) is 51.0 Å². The summed E-state index contributed by atoms with van der Waals surface area (Å²) in [5.74, 6) is -1.60. The first-order valence-electron chi connectivity index (χ1n) is 15.2. The molecule has 3 atom stereocenters. The second kappa shape index (κ2) is 11.6. The highest BCUT2D eigenvalue weighted by Gasteiger charge is 2.54. The molecule has 2 heterocycles. The minimum atomic E-state index is -2.87. The summed E-state index contributed by atoms with van der Waals surface area (Å²) in [6.45, 7) is 10.6. The molecule has 0 spiro atoms. The molecule has 0 bridgehead atoms. The number of carbonyl (C=O) groups is 1. The van der Waals surface area contributed by atoms with Gasteiger partial charge in [-0.2, -0.15) is 4.57 Å². The molecule has 2 aliphatic rings. The second-order valence-electron chi connectivity index (χ2n) is 13.1. The fourth-order valence-corrected chi connectivity index (χ4v) is 11.2. The van der Waals surface area contributed by atoms with Gasteiger partial charge in [0.15, 0.2) is 5.79 Å². The summed E-state index contributed by atoms with van der Waals surface area (Å²) >= 11 is 0. The largest absolute Gasteiger partial charge is 0.403 e. The molecule has 9 heteroatoms. The van der Waals surface area contributed by atoms with Crippen LogP contribution in [0.2, 0.25) is 5.04 Å². The third-order valence-electron chi connectivity index (χ3n) is 8.64. The summed E-state index contributed by atoms with van der Waals surface area (Å²) in [6, 6.07) is 29.7. The lowest BCUT2D eigenvalue weighted by molar-refractivity contribution is -0.148. The first kappa shape index (κ1) is 30.9. The Morgan fingerprint density at radius 1 is 0.844 bits per heavy atom. The van der Waals surface area contributed by atoms with Gasteiger partial charge in [-0.25, -0.2) is 4.79 Å². The van der Waals surface area contributed by atoms with E-state index in [1.54, 1.807) is 30.3 Å². The second-order valence-corrected chi connectivity index (χ2v) is 17.4. The van der Waals surface area contributed by atoms with Gasteiger partial charge in [-0.05, 0) is 47.0 Å². The smallest absolute Gasteiger partial charge is 0.338 e. The van der Waals surface area contributed by atoms with Gasteiger partial charge in [0, 0.05) is 17.8 Å². The minimum Gasteiger partial charge on any atom is -0.403 e. The number of benzene rings is 3. The number of hydrogen-bond acceptors (Lipinski definition) is 6. The normalized spacial score (nSPS) is 20.9. The zero-order chi connectivity index (χ0) is 32.0. The van der Waals surface area contributed by atoms with Gasteiger partial charge in [-0.3, -0.25) is 14.2 Å². The van der Waals surface area contributed by atoms with Crippen LogP contribution < -0.4 is 21.6 Å². The van der Waals surface area contributed by atoms with Crippen LogP contribution in [0.25, 0.3) is 0 Å². The first-order chi connectivity index (χ1) is 21.4. The minimum absolute atomic E-state index is 0.232. The van der Waals surface area contributed by atoms with Crippen LogP contribution >= 0.6 is 0 Å². The highest BCUT2D eigenvalue weighted by atomic mass is 28.4. The van der Waals surface area contributed by atoms with E-state index in [-0.39, 0.29) is 17.2 Å². The zero-order valence-corrected chi connectivity index (χ0v) is 27.2. The number of aromatic nitrogens is 2. The average molecular weight is 623 g/mol. The van der Waals surface area contributed by atoms with Crippen molar-refractivity contribution in [2.45, 2.75) is 63.7 Å². The maximum atomic E-state index is 13.8. The summed E-state index contributed by atoms with van der Waals surface area (Å²) < 4.78 is 22.0. The fourth-order valence-electron chi connectivity index (χ4n) is 6.67. The van der Waals surface area contributed by atoms with Gasteiger partial charge in [0.2, 0.25) is 0 Å². The van der Waals surface area contributed by atoms with Crippen molar-refractivity contribution in [1.82, 2.24) is 9.13 Å². The zero-order valence-electron chi connectivity index (χ0n) is 26.2. The van der Waals surface area contributed by atoms with Gasteiger partial charge in [-0.1, -0.05) is 106 Å². The van der Waals surface area contributed by atoms with Crippen molar-refractivity contribution in [3.8, 4) is 0 Å². The monoisotopic (exact) mass is 622 g/mol. The van der Waals surface area contributed by atoms with E-state index in [9.17, 15) is 14.4 Å². The number of hydrogen-bond donors (Lipinski definition) is 0. The quantitative estimate of drug-likeness (QED) is 0.226. The van der Waals surface area contributed by atoms with Gasteiger partial charge in [0.05, 0.1) is 12.6 Å². The summed E-state index contributed by atoms with van der Waals surface area (Å²) in [5.41, 5.74) is -0.334. The Morgan fingerprint density at radius 3 is 1.96 bits per heavy atom. The van der Waals surface area contributed by atoms with Gasteiger partial charge in [0.1, 0.15) is 12.2 Å². The molecule has 1 aromatic heterocycles. The molecule has 3 aromatic carbocycles. The van der Waals surface area contributed by atoms with E-state index in [2.05, 4.69) is 45.0 Å². The van der Waals surface area contributed by atoms with Crippen molar-refractivity contribution < 1.29 is 18.7 Å². The van der Waals surface area contributed by atoms with Crippen LogP contribution in [-0.4, -0.2) is 48.0 Å². The topological polar surface area (TPSA) is 88.8 Å². The van der Waals surface area contributed by atoms with Crippen molar-refractivity contribution >= 4 is 24.6 Å². The summed E-state index contributed by atoms with van der Waals surface area (Å²) in [7, 11) is -2.87. The highest BCUT2D eigenvalue weighted by molar-refractivity contribution is 6.99. The maximum Gasteiger partial charge on any atom is 0.338 e. The van der Waals surface area contributed by atoms with Gasteiger partial charge in [0.25, 0.3) is 19.8 Å². The van der Waals surface area contributed by atoms with Crippen LogP contribution in [0, 0.1) is 0 Å². The van der Waals surface area contributed by atoms with E-state index >= 15 is 0 Å². The Bertz CT molecular complexity index is 1800. The van der Waals surface area contributed by atoms with Gasteiger partial charge < -0.3 is 13.9 Å². The van der Waals surface area contributed by atoms with Crippen molar-refractivity contribution in [2.24, 2.45) is 0 Å². The molecule has 1 fully saturated rings. The number of ether oxygens (including phenoxy) is 2. The SMILES string of the molecule is CC1(C)O[C@@H]2[C@H](O1)C(CO[Si](c1ccccc1)(c1ccccc1)C(C)(C)C)=C[C@H]2n1ccc(=O)n(C(=O)c2ccccc2)c1=O. The number of carbonyl (C=O) groups excluding carboxylic acids is 1. The molecule has 8 nitrogen and oxygen atoms in total. The van der Waals surface area contributed by atoms with E-state index in [1.807, 2.05) is 56.3 Å². The number of fused-ring (bicyclic) bond motifs is 1. The van der Waals surface area contributed by atoms with E-state index in [0.717, 1.165) is 15.9 Å². The van der Waals surface area contributed by atoms with Crippen LogP contribution in [0.3, 0.4) is 0 Å². The summed E-state index contributed by atoms with van der Waals surface area (Å²) in [6.07, 6.45) is 2.32. The Kier molecular flexibility index (Phi) is 7.99. The number of nitrogens with zero attached hydrogens (tertiary/aromatic N) is 2. The van der Waals surface area contributed by atoms with Crippen LogP contribution in [-0.2, 0) is 13.9 Å². The Morgan fingerprint density at radius 2 is 1.40 bits per heavy atom. The maximum absolute atomic E-state index is 13.8. The molecular weight excluding hydrogens is 584 g/mol. The molecule has 0 saturated carbocycles. The molecule has 0 N–H and O–H groups in total. The van der Waals surface area contributed by atoms with Crippen molar-refractivity contribution in [2.75, 3.05) is 6.61 Å². The predicted molar refractivity (Wildman–Crippen MR) is 176 cm³/mol. The van der Waals surface area contributed by atoms with Crippen molar-refractivity contribution in [3.63, 3.8) is 0 Å². The molecule has 6 rings (SSSR count). The van der Waals surface area contributed by atoms with Crippen LogP contribution in [0.5, 0.6) is 0 Å².